The van der Waals surface area contributed by atoms with Gasteiger partial charge in [-0.2, -0.15) is 10.2 Å². The zero-order valence-electron chi connectivity index (χ0n) is 18.0. The normalized spacial score (nSPS) is 22.8. The number of nitrogens with one attached hydrogen (secondary N) is 3. The fourth-order valence-electron chi connectivity index (χ4n) is 4.25. The third kappa shape index (κ3) is 5.63. The molecule has 4 rings (SSSR count). The second kappa shape index (κ2) is 9.09. The number of aryl methyl sites for hydroxylation is 1. The van der Waals surface area contributed by atoms with E-state index in [-0.39, 0.29) is 36.0 Å². The van der Waals surface area contributed by atoms with Gasteiger partial charge in [0.25, 0.3) is 0 Å². The molecule has 2 aromatic rings. The summed E-state index contributed by atoms with van der Waals surface area (Å²) in [6, 6.07) is 1.86. The van der Waals surface area contributed by atoms with Gasteiger partial charge < -0.3 is 20.1 Å². The Kier molecular flexibility index (Phi) is 6.26. The van der Waals surface area contributed by atoms with Gasteiger partial charge >= 0.3 is 6.09 Å². The van der Waals surface area contributed by atoms with E-state index in [4.69, 9.17) is 9.47 Å². The molecule has 168 valence electrons. The standard InChI is InChI=1S/C21H30N6O4/c1-21(5-7-30-8-6-21)24-20(29)31-16-4-3-15(10-16)17-11-18(26-25-17)23-19(28)9-14-12-22-27(2)13-14/h11-13,15-16H,3-10H2,1-2H3,(H,24,29)(H2,23,25,26,28)/t15-,16+/m0/s1. The van der Waals surface area contributed by atoms with Crippen molar-refractivity contribution in [1.29, 1.82) is 0 Å². The van der Waals surface area contributed by atoms with Crippen molar-refractivity contribution in [2.45, 2.75) is 63.0 Å². The number of carbonyl (C=O) groups is 2. The third-order valence-corrected chi connectivity index (χ3v) is 6.09. The average Bonchev–Trinajstić information content (AvgIpc) is 3.44. The maximum absolute atomic E-state index is 12.3. The van der Waals surface area contributed by atoms with Gasteiger partial charge in [-0.25, -0.2) is 4.79 Å². The Morgan fingerprint density at radius 2 is 2.16 bits per heavy atom. The summed E-state index contributed by atoms with van der Waals surface area (Å²) in [6.07, 6.45) is 7.27. The van der Waals surface area contributed by atoms with Crippen molar-refractivity contribution in [1.82, 2.24) is 25.3 Å². The van der Waals surface area contributed by atoms with Crippen LogP contribution in [-0.4, -0.2) is 56.8 Å². The Bertz CT molecular complexity index is 917. The molecular weight excluding hydrogens is 400 g/mol. The molecule has 31 heavy (non-hydrogen) atoms. The SMILES string of the molecule is Cn1cc(CC(=O)Nc2cc([C@H]3CC[C@@H](OC(=O)NC4(C)CCOCC4)C3)[nH]n2)cn1. The first-order valence-corrected chi connectivity index (χ1v) is 10.8. The molecule has 10 heteroatoms. The molecule has 0 aromatic carbocycles. The highest BCUT2D eigenvalue weighted by Crippen LogP contribution is 2.36. The van der Waals surface area contributed by atoms with E-state index in [1.807, 2.05) is 26.2 Å². The van der Waals surface area contributed by atoms with E-state index in [1.54, 1.807) is 10.9 Å². The molecule has 3 heterocycles. The molecular formula is C21H30N6O4. The van der Waals surface area contributed by atoms with Crippen LogP contribution in [0, 0.1) is 0 Å². The maximum Gasteiger partial charge on any atom is 0.407 e. The summed E-state index contributed by atoms with van der Waals surface area (Å²) in [6.45, 7) is 3.34. The lowest BCUT2D eigenvalue weighted by atomic mass is 9.93. The van der Waals surface area contributed by atoms with Gasteiger partial charge in [-0.3, -0.25) is 14.6 Å². The molecule has 2 fully saturated rings. The molecule has 0 radical (unpaired) electrons. The van der Waals surface area contributed by atoms with E-state index in [2.05, 4.69) is 25.9 Å². The van der Waals surface area contributed by atoms with Crippen LogP contribution < -0.4 is 10.6 Å². The highest BCUT2D eigenvalue weighted by atomic mass is 16.6. The molecule has 1 aliphatic heterocycles. The van der Waals surface area contributed by atoms with Crippen molar-refractivity contribution in [2.75, 3.05) is 18.5 Å². The van der Waals surface area contributed by atoms with Gasteiger partial charge in [-0.15, -0.1) is 0 Å². The molecule has 10 nitrogen and oxygen atoms in total. The van der Waals surface area contributed by atoms with Crippen LogP contribution in [0.1, 0.15) is 56.2 Å². The van der Waals surface area contributed by atoms with Gasteiger partial charge in [-0.1, -0.05) is 0 Å². The first-order chi connectivity index (χ1) is 14.9. The first-order valence-electron chi connectivity index (χ1n) is 10.8. The molecule has 2 atom stereocenters. The highest BCUT2D eigenvalue weighted by Gasteiger charge is 2.33. The number of hydrogen-bond donors (Lipinski definition) is 3. The number of nitrogens with zero attached hydrogens (tertiary/aromatic N) is 3. The fraction of sp³-hybridized carbons (Fsp3) is 0.619. The molecule has 1 saturated heterocycles. The largest absolute Gasteiger partial charge is 0.446 e. The predicted molar refractivity (Wildman–Crippen MR) is 113 cm³/mol. The van der Waals surface area contributed by atoms with E-state index >= 15 is 0 Å². The van der Waals surface area contributed by atoms with Crippen LogP contribution in [0.3, 0.4) is 0 Å². The van der Waals surface area contributed by atoms with Crippen LogP contribution in [0.4, 0.5) is 10.6 Å². The van der Waals surface area contributed by atoms with Crippen LogP contribution in [0.25, 0.3) is 0 Å². The summed E-state index contributed by atoms with van der Waals surface area (Å²) in [7, 11) is 1.81. The summed E-state index contributed by atoms with van der Waals surface area (Å²) in [5.41, 5.74) is 1.53. The number of aromatic nitrogens is 4. The Labute approximate surface area is 181 Å². The van der Waals surface area contributed by atoms with Gasteiger partial charge in [0, 0.05) is 49.7 Å². The summed E-state index contributed by atoms with van der Waals surface area (Å²) in [5.74, 6) is 0.573. The van der Waals surface area contributed by atoms with E-state index in [0.29, 0.717) is 19.0 Å². The van der Waals surface area contributed by atoms with Crippen LogP contribution >= 0.6 is 0 Å². The summed E-state index contributed by atoms with van der Waals surface area (Å²) >= 11 is 0. The number of H-pyrrole nitrogens is 1. The quantitative estimate of drug-likeness (QED) is 0.646. The maximum atomic E-state index is 12.3. The van der Waals surface area contributed by atoms with Crippen molar-refractivity contribution in [2.24, 2.45) is 7.05 Å². The third-order valence-electron chi connectivity index (χ3n) is 6.09. The lowest BCUT2D eigenvalue weighted by Crippen LogP contribution is -2.50. The second-order valence-electron chi connectivity index (χ2n) is 8.79. The lowest BCUT2D eigenvalue weighted by Gasteiger charge is -2.34. The number of ether oxygens (including phenoxy) is 2. The molecule has 1 aliphatic carbocycles. The number of alkyl carbamates (subject to hydrolysis) is 1. The van der Waals surface area contributed by atoms with Gasteiger partial charge in [0.1, 0.15) is 6.10 Å². The molecule has 2 amide bonds. The Morgan fingerprint density at radius 1 is 1.35 bits per heavy atom. The van der Waals surface area contributed by atoms with Crippen LogP contribution in [0.2, 0.25) is 0 Å². The van der Waals surface area contributed by atoms with E-state index in [1.165, 1.54) is 0 Å². The lowest BCUT2D eigenvalue weighted by molar-refractivity contribution is -0.115. The van der Waals surface area contributed by atoms with Crippen molar-refractivity contribution in [3.05, 3.63) is 29.7 Å². The second-order valence-corrected chi connectivity index (χ2v) is 8.79. The zero-order chi connectivity index (χ0) is 21.8. The van der Waals surface area contributed by atoms with E-state index < -0.39 is 0 Å². The molecule has 2 aromatic heterocycles. The highest BCUT2D eigenvalue weighted by molar-refractivity contribution is 5.91. The molecule has 1 saturated carbocycles. The average molecular weight is 431 g/mol. The molecule has 0 spiro atoms. The minimum absolute atomic E-state index is 0.125. The van der Waals surface area contributed by atoms with Gasteiger partial charge in [0.05, 0.1) is 12.6 Å². The topological polar surface area (TPSA) is 123 Å². The van der Waals surface area contributed by atoms with E-state index in [9.17, 15) is 9.59 Å². The minimum atomic E-state index is -0.358. The van der Waals surface area contributed by atoms with Crippen LogP contribution in [0.5, 0.6) is 0 Å². The Hall–Kier alpha value is -2.88. The van der Waals surface area contributed by atoms with Gasteiger partial charge in [0.15, 0.2) is 5.82 Å². The van der Waals surface area contributed by atoms with Crippen LogP contribution in [0.15, 0.2) is 18.5 Å². The first kappa shape index (κ1) is 21.4. The van der Waals surface area contributed by atoms with Gasteiger partial charge in [0.2, 0.25) is 5.91 Å². The molecule has 3 N–H and O–H groups in total. The van der Waals surface area contributed by atoms with Crippen molar-refractivity contribution in [3.8, 4) is 0 Å². The summed E-state index contributed by atoms with van der Waals surface area (Å²) in [4.78, 5) is 24.6. The van der Waals surface area contributed by atoms with E-state index in [0.717, 1.165) is 43.4 Å². The fourth-order valence-corrected chi connectivity index (χ4v) is 4.25. The molecule has 2 aliphatic rings. The number of amides is 2. The summed E-state index contributed by atoms with van der Waals surface area (Å²) in [5, 5.41) is 17.1. The van der Waals surface area contributed by atoms with Crippen molar-refractivity contribution >= 4 is 17.8 Å². The number of carbonyl (C=O) groups excluding carboxylic acids is 2. The van der Waals surface area contributed by atoms with Crippen molar-refractivity contribution < 1.29 is 19.1 Å². The minimum Gasteiger partial charge on any atom is -0.446 e. The predicted octanol–water partition coefficient (Wildman–Crippen LogP) is 2.26. The molecule has 0 unspecified atom stereocenters. The summed E-state index contributed by atoms with van der Waals surface area (Å²) < 4.78 is 12.7. The van der Waals surface area contributed by atoms with Gasteiger partial charge in [-0.05, 0) is 44.6 Å². The van der Waals surface area contributed by atoms with Crippen LogP contribution in [-0.2, 0) is 27.7 Å². The number of rotatable bonds is 6. The Morgan fingerprint density at radius 3 is 2.90 bits per heavy atom. The number of anilines is 1. The smallest absolute Gasteiger partial charge is 0.407 e. The Balaban J connectivity index is 1.24. The number of aromatic amines is 1. The zero-order valence-corrected chi connectivity index (χ0v) is 18.0. The molecule has 0 bridgehead atoms. The number of hydrogen-bond acceptors (Lipinski definition) is 6. The van der Waals surface area contributed by atoms with Crippen molar-refractivity contribution in [3.63, 3.8) is 0 Å². The monoisotopic (exact) mass is 430 g/mol.